The van der Waals surface area contributed by atoms with E-state index in [2.05, 4.69) is 20.4 Å². The Morgan fingerprint density at radius 3 is 2.07 bits per heavy atom. The van der Waals surface area contributed by atoms with E-state index in [0.717, 1.165) is 22.6 Å². The molecular weight excluding hydrogens is 616 g/mol. The lowest BCUT2D eigenvalue weighted by molar-refractivity contribution is -0.274. The van der Waals surface area contributed by atoms with Crippen LogP contribution in [0.1, 0.15) is 47.1 Å². The summed E-state index contributed by atoms with van der Waals surface area (Å²) in [6.45, 7) is 10.9. The van der Waals surface area contributed by atoms with Crippen LogP contribution in [-0.4, -0.2) is 69.5 Å². The minimum Gasteiger partial charge on any atom is -0.475 e. The van der Waals surface area contributed by atoms with Crippen LogP contribution in [0.3, 0.4) is 0 Å². The van der Waals surface area contributed by atoms with Gasteiger partial charge in [0.05, 0.1) is 17.9 Å². The molecule has 0 aliphatic carbocycles. The number of aliphatic carboxylic acids is 1. The van der Waals surface area contributed by atoms with E-state index in [0.29, 0.717) is 0 Å². The van der Waals surface area contributed by atoms with Gasteiger partial charge in [-0.1, -0.05) is 20.8 Å². The number of carboxylic acid groups (broad SMARTS) is 1. The maximum absolute atomic E-state index is 13.4. The topological polar surface area (TPSA) is 141 Å². The maximum Gasteiger partial charge on any atom is 0.573 e. The largest absolute Gasteiger partial charge is 0.573 e. The number of aromatic nitrogens is 1. The van der Waals surface area contributed by atoms with Crippen LogP contribution in [0.5, 0.6) is 5.75 Å². The predicted molar refractivity (Wildman–Crippen MR) is 149 cm³/mol. The van der Waals surface area contributed by atoms with Crippen molar-refractivity contribution in [1.29, 1.82) is 0 Å². The number of urea groups is 1. The predicted octanol–water partition coefficient (Wildman–Crippen LogP) is 5.32. The van der Waals surface area contributed by atoms with Gasteiger partial charge >= 0.3 is 24.5 Å². The molecule has 0 spiro atoms. The lowest BCUT2D eigenvalue weighted by Gasteiger charge is -2.28. The van der Waals surface area contributed by atoms with Crippen LogP contribution >= 0.6 is 0 Å². The molecular formula is C28H33F6N5O6. The van der Waals surface area contributed by atoms with Crippen molar-refractivity contribution < 1.29 is 55.4 Å². The number of carbonyl (C=O) groups excluding carboxylic acids is 3. The normalized spacial score (nSPS) is 15.7. The molecule has 45 heavy (non-hydrogen) atoms. The zero-order chi connectivity index (χ0) is 34.5. The highest BCUT2D eigenvalue weighted by Crippen LogP contribution is 2.38. The number of ether oxygens (including phenoxy) is 1. The van der Waals surface area contributed by atoms with E-state index >= 15 is 0 Å². The first-order chi connectivity index (χ1) is 20.4. The number of alkyl halides is 6. The van der Waals surface area contributed by atoms with Crippen molar-refractivity contribution in [3.63, 3.8) is 0 Å². The Balaban J connectivity index is 0.000000900. The minimum absolute atomic E-state index is 0.00820. The average molecular weight is 650 g/mol. The number of anilines is 2. The van der Waals surface area contributed by atoms with Gasteiger partial charge in [0, 0.05) is 25.0 Å². The highest BCUT2D eigenvalue weighted by molar-refractivity contribution is 6.23. The Morgan fingerprint density at radius 2 is 1.58 bits per heavy atom. The quantitative estimate of drug-likeness (QED) is 0.258. The summed E-state index contributed by atoms with van der Waals surface area (Å²) >= 11 is 0. The van der Waals surface area contributed by atoms with Gasteiger partial charge in [0.25, 0.3) is 5.91 Å². The number of carboxylic acids is 1. The fourth-order valence-electron chi connectivity index (χ4n) is 3.71. The number of benzene rings is 1. The van der Waals surface area contributed by atoms with Crippen molar-refractivity contribution in [2.45, 2.75) is 72.2 Å². The van der Waals surface area contributed by atoms with E-state index < -0.39 is 47.6 Å². The smallest absolute Gasteiger partial charge is 0.475 e. The lowest BCUT2D eigenvalue weighted by Crippen LogP contribution is -2.43. The lowest BCUT2D eigenvalue weighted by atomic mass is 9.88. The van der Waals surface area contributed by atoms with Crippen molar-refractivity contribution in [1.82, 2.24) is 15.2 Å². The molecule has 1 unspecified atom stereocenters. The van der Waals surface area contributed by atoms with Gasteiger partial charge in [0.15, 0.2) is 5.75 Å². The maximum atomic E-state index is 13.4. The number of hydrogen-bond donors (Lipinski definition) is 3. The summed E-state index contributed by atoms with van der Waals surface area (Å²) in [5, 5.41) is 12.6. The molecule has 1 aromatic carbocycles. The summed E-state index contributed by atoms with van der Waals surface area (Å²) in [5.41, 5.74) is -0.990. The van der Waals surface area contributed by atoms with Crippen molar-refractivity contribution in [3.05, 3.63) is 48.3 Å². The second-order valence-corrected chi connectivity index (χ2v) is 11.5. The molecule has 1 saturated heterocycles. The molecule has 1 aliphatic rings. The third-order valence-electron chi connectivity index (χ3n) is 6.74. The van der Waals surface area contributed by atoms with E-state index in [1.807, 2.05) is 27.7 Å². The van der Waals surface area contributed by atoms with Crippen molar-refractivity contribution in [3.8, 4) is 5.75 Å². The fourth-order valence-corrected chi connectivity index (χ4v) is 3.71. The number of pyridine rings is 1. The molecule has 1 aliphatic heterocycles. The summed E-state index contributed by atoms with van der Waals surface area (Å²) in [4.78, 5) is 54.4. The van der Waals surface area contributed by atoms with E-state index in [-0.39, 0.29) is 35.9 Å². The number of rotatable bonds is 8. The number of nitrogens with zero attached hydrogens (tertiary/aromatic N) is 3. The molecule has 17 heteroatoms. The number of amides is 4. The fraction of sp³-hybridized carbons (Fsp3) is 0.464. The van der Waals surface area contributed by atoms with Crippen LogP contribution in [0.2, 0.25) is 0 Å². The molecule has 248 valence electrons. The zero-order valence-corrected chi connectivity index (χ0v) is 25.1. The van der Waals surface area contributed by atoms with Crippen LogP contribution < -0.4 is 20.3 Å². The third kappa shape index (κ3) is 10.1. The van der Waals surface area contributed by atoms with Gasteiger partial charge in [0.2, 0.25) is 5.91 Å². The molecule has 4 amide bonds. The number of imide groups is 1. The Hall–Kier alpha value is -4.41. The number of hydrogen-bond acceptors (Lipinski definition) is 7. The highest BCUT2D eigenvalue weighted by atomic mass is 19.4. The third-order valence-corrected chi connectivity index (χ3v) is 6.74. The SMILES string of the molecule is CC(NCC(=O)Nc1cc(N2C(=O)N(Cc3ccncc3)C(C)(C)C2=O)ccc1OC(F)(F)F)C(C)(C)C.O=C(O)C(F)(F)F. The van der Waals surface area contributed by atoms with Gasteiger partial charge in [-0.25, -0.2) is 14.5 Å². The van der Waals surface area contributed by atoms with Gasteiger partial charge < -0.3 is 25.4 Å². The van der Waals surface area contributed by atoms with Gasteiger partial charge in [-0.2, -0.15) is 13.2 Å². The van der Waals surface area contributed by atoms with Gasteiger partial charge in [-0.05, 0) is 62.1 Å². The monoisotopic (exact) mass is 649 g/mol. The van der Waals surface area contributed by atoms with Crippen molar-refractivity contribution >= 4 is 35.2 Å². The molecule has 1 aromatic heterocycles. The molecule has 2 heterocycles. The first-order valence-corrected chi connectivity index (χ1v) is 13.2. The summed E-state index contributed by atoms with van der Waals surface area (Å²) in [7, 11) is 0. The first kappa shape index (κ1) is 36.8. The molecule has 3 rings (SSSR count). The first-order valence-electron chi connectivity index (χ1n) is 13.2. The Labute approximate surface area is 254 Å². The second kappa shape index (κ2) is 13.7. The van der Waals surface area contributed by atoms with Crippen molar-refractivity contribution in [2.75, 3.05) is 16.8 Å². The Bertz CT molecular complexity index is 1390. The number of halogens is 6. The molecule has 0 bridgehead atoms. The molecule has 1 fully saturated rings. The molecule has 2 aromatic rings. The molecule has 1 atom stereocenters. The molecule has 11 nitrogen and oxygen atoms in total. The van der Waals surface area contributed by atoms with Crippen molar-refractivity contribution in [2.24, 2.45) is 5.41 Å². The van der Waals surface area contributed by atoms with E-state index in [1.54, 1.807) is 38.4 Å². The van der Waals surface area contributed by atoms with E-state index in [1.165, 1.54) is 11.0 Å². The molecule has 0 saturated carbocycles. The summed E-state index contributed by atoms with van der Waals surface area (Å²) in [6.07, 6.45) is -6.98. The average Bonchev–Trinajstić information content (AvgIpc) is 3.06. The standard InChI is InChI=1S/C26H32F3N5O4.C2HF3O2/c1-16(24(2,3)4)31-14-21(35)32-19-13-18(7-8-20(19)38-26(27,28)29)34-22(36)25(5,6)33(23(34)37)15-17-9-11-30-12-10-17;3-2(4,5)1(6)7/h7-13,16,31H,14-15H2,1-6H3,(H,32,35);(H,6,7). The van der Waals surface area contributed by atoms with Gasteiger partial charge in [0.1, 0.15) is 5.54 Å². The minimum atomic E-state index is -5.08. The summed E-state index contributed by atoms with van der Waals surface area (Å²) in [5.74, 6) is -4.62. The number of carbonyl (C=O) groups is 4. The van der Waals surface area contributed by atoms with Gasteiger partial charge in [-0.15, -0.1) is 13.2 Å². The number of nitrogens with one attached hydrogen (secondary N) is 2. The van der Waals surface area contributed by atoms with Gasteiger partial charge in [-0.3, -0.25) is 14.6 Å². The summed E-state index contributed by atoms with van der Waals surface area (Å²) in [6, 6.07) is 5.94. The second-order valence-electron chi connectivity index (χ2n) is 11.5. The van der Waals surface area contributed by atoms with Crippen LogP contribution in [0.15, 0.2) is 42.7 Å². The van der Waals surface area contributed by atoms with Crippen LogP contribution in [0.4, 0.5) is 42.5 Å². The van der Waals surface area contributed by atoms with Crippen LogP contribution in [-0.2, 0) is 20.9 Å². The van der Waals surface area contributed by atoms with Crippen LogP contribution in [0.25, 0.3) is 0 Å². The summed E-state index contributed by atoms with van der Waals surface area (Å²) < 4.78 is 75.0. The highest BCUT2D eigenvalue weighted by Gasteiger charge is 2.52. The molecule has 0 radical (unpaired) electrons. The van der Waals surface area contributed by atoms with E-state index in [9.17, 15) is 40.7 Å². The molecule has 3 N–H and O–H groups in total. The zero-order valence-electron chi connectivity index (χ0n) is 25.1. The van der Waals surface area contributed by atoms with E-state index in [4.69, 9.17) is 9.90 Å². The Kier molecular flexibility index (Phi) is 11.2. The Morgan fingerprint density at radius 1 is 1.02 bits per heavy atom. The van der Waals surface area contributed by atoms with Crippen LogP contribution in [0, 0.1) is 5.41 Å².